The Balaban J connectivity index is 1.28. The lowest BCUT2D eigenvalue weighted by Gasteiger charge is -2.36. The van der Waals surface area contributed by atoms with E-state index in [-0.39, 0.29) is 11.7 Å². The van der Waals surface area contributed by atoms with Crippen LogP contribution in [0.5, 0.6) is 0 Å². The monoisotopic (exact) mass is 587 g/mol. The maximum Gasteiger partial charge on any atom is 0.224 e. The fourth-order valence-corrected chi connectivity index (χ4v) is 4.74. The summed E-state index contributed by atoms with van der Waals surface area (Å²) in [5, 5.41) is 6.29. The van der Waals surface area contributed by atoms with E-state index in [0.29, 0.717) is 55.0 Å². The summed E-state index contributed by atoms with van der Waals surface area (Å²) < 4.78 is 26.0. The van der Waals surface area contributed by atoms with E-state index in [9.17, 15) is 9.18 Å². The molecule has 4 aromatic rings. The molecule has 1 amide bonds. The molecule has 2 aromatic heterocycles. The Bertz CT molecular complexity index is 1490. The molecule has 1 saturated heterocycles. The third kappa shape index (κ3) is 8.22. The molecule has 0 spiro atoms. The fourth-order valence-electron chi connectivity index (χ4n) is 4.74. The minimum Gasteiger partial charge on any atom is -0.355 e. The molecule has 0 radical (unpaired) electrons. The number of hydrogen-bond donors (Lipinski definition) is 3. The summed E-state index contributed by atoms with van der Waals surface area (Å²) in [6.07, 6.45) is 2.21. The van der Waals surface area contributed by atoms with Crippen molar-refractivity contribution in [3.63, 3.8) is 0 Å². The Morgan fingerprint density at radius 3 is 2.53 bits per heavy atom. The number of aromatic nitrogens is 4. The van der Waals surface area contributed by atoms with Gasteiger partial charge in [0.15, 0.2) is 5.82 Å². The van der Waals surface area contributed by atoms with Gasteiger partial charge in [-0.1, -0.05) is 37.3 Å². The molecule has 43 heavy (non-hydrogen) atoms. The van der Waals surface area contributed by atoms with Gasteiger partial charge in [0.05, 0.1) is 36.7 Å². The highest BCUT2D eigenvalue weighted by atomic mass is 19.1. The molecule has 3 heterocycles. The number of aromatic amines is 1. The molecule has 11 heteroatoms. The number of halogens is 1. The van der Waals surface area contributed by atoms with Gasteiger partial charge in [0.1, 0.15) is 5.82 Å². The number of amides is 1. The van der Waals surface area contributed by atoms with Crippen molar-refractivity contribution in [2.75, 3.05) is 52.3 Å². The molecule has 1 aliphatic rings. The first-order valence-corrected chi connectivity index (χ1v) is 14.4. The van der Waals surface area contributed by atoms with E-state index < -0.39 is 11.7 Å². The van der Waals surface area contributed by atoms with Crippen LogP contribution in [0.4, 0.5) is 10.3 Å². The minimum atomic E-state index is -0.744. The standard InChI is InChI=1S/C32H38FN7O3/c1-32(19-36-26(41)18-22-8-5-4-6-9-22)20-42-30(43-21-32)29-38-27(23-10-12-24(33)13-11-23)28(39-29)25-14-16-35-31(37-25)34-15-7-17-40(2)3/h4-6,8-14,16,30H,7,15,17-21H2,1-3H3,(H,36,41)(H,38,39)(H,34,35,37). The van der Waals surface area contributed by atoms with Crippen LogP contribution in [0.1, 0.15) is 31.0 Å². The third-order valence-electron chi connectivity index (χ3n) is 7.13. The molecular formula is C32H38FN7O3. The first kappa shape index (κ1) is 30.3. The van der Waals surface area contributed by atoms with Gasteiger partial charge in [-0.2, -0.15) is 0 Å². The number of nitrogens with one attached hydrogen (secondary N) is 3. The van der Waals surface area contributed by atoms with E-state index in [1.54, 1.807) is 24.4 Å². The smallest absolute Gasteiger partial charge is 0.224 e. The first-order chi connectivity index (χ1) is 20.8. The van der Waals surface area contributed by atoms with Crippen LogP contribution in [-0.4, -0.2) is 77.7 Å². The van der Waals surface area contributed by atoms with E-state index in [2.05, 4.69) is 25.5 Å². The van der Waals surface area contributed by atoms with Crippen molar-refractivity contribution in [1.29, 1.82) is 0 Å². The number of anilines is 1. The van der Waals surface area contributed by atoms with Crippen molar-refractivity contribution in [2.24, 2.45) is 5.41 Å². The molecule has 0 saturated carbocycles. The van der Waals surface area contributed by atoms with Crippen molar-refractivity contribution in [1.82, 2.24) is 30.2 Å². The quantitative estimate of drug-likeness (QED) is 0.208. The summed E-state index contributed by atoms with van der Waals surface area (Å²) in [6.45, 7) is 4.83. The largest absolute Gasteiger partial charge is 0.355 e. The number of imidazole rings is 1. The van der Waals surface area contributed by atoms with Crippen LogP contribution in [0, 0.1) is 11.2 Å². The minimum absolute atomic E-state index is 0.0504. The Hall–Kier alpha value is -4.19. The molecule has 1 aliphatic heterocycles. The third-order valence-corrected chi connectivity index (χ3v) is 7.13. The Morgan fingerprint density at radius 1 is 1.07 bits per heavy atom. The lowest BCUT2D eigenvalue weighted by atomic mass is 9.92. The zero-order valence-corrected chi connectivity index (χ0v) is 24.8. The van der Waals surface area contributed by atoms with Gasteiger partial charge in [-0.15, -0.1) is 0 Å². The van der Waals surface area contributed by atoms with E-state index in [1.165, 1.54) is 12.1 Å². The van der Waals surface area contributed by atoms with Gasteiger partial charge in [-0.25, -0.2) is 19.3 Å². The number of carbonyl (C=O) groups is 1. The fraction of sp³-hybridized carbons (Fsp3) is 0.375. The van der Waals surface area contributed by atoms with Gasteiger partial charge in [-0.3, -0.25) is 4.79 Å². The summed E-state index contributed by atoms with van der Waals surface area (Å²) in [4.78, 5) is 31.9. The van der Waals surface area contributed by atoms with Crippen molar-refractivity contribution >= 4 is 11.9 Å². The van der Waals surface area contributed by atoms with Crippen LogP contribution in [-0.2, 0) is 20.7 Å². The molecule has 2 aromatic carbocycles. The number of ether oxygens (including phenoxy) is 2. The highest BCUT2D eigenvalue weighted by Crippen LogP contribution is 2.35. The van der Waals surface area contributed by atoms with Crippen molar-refractivity contribution in [3.8, 4) is 22.6 Å². The molecular weight excluding hydrogens is 549 g/mol. The second-order valence-electron chi connectivity index (χ2n) is 11.4. The summed E-state index contributed by atoms with van der Waals surface area (Å²) >= 11 is 0. The van der Waals surface area contributed by atoms with Gasteiger partial charge in [0.2, 0.25) is 18.1 Å². The lowest BCUT2D eigenvalue weighted by Crippen LogP contribution is -2.45. The van der Waals surface area contributed by atoms with Gasteiger partial charge < -0.3 is 30.0 Å². The van der Waals surface area contributed by atoms with E-state index >= 15 is 0 Å². The van der Waals surface area contributed by atoms with Crippen molar-refractivity contribution in [3.05, 3.63) is 84.1 Å². The van der Waals surface area contributed by atoms with Gasteiger partial charge in [-0.05, 0) is 63.0 Å². The molecule has 1 fully saturated rings. The number of H-pyrrole nitrogens is 1. The molecule has 0 atom stereocenters. The SMILES string of the molecule is CN(C)CCCNc1nccc(-c2[nH]c(C3OCC(C)(CNC(=O)Cc4ccccc4)CO3)nc2-c2ccc(F)cc2)n1. The highest BCUT2D eigenvalue weighted by molar-refractivity contribution is 5.78. The van der Waals surface area contributed by atoms with E-state index in [0.717, 1.165) is 30.6 Å². The normalized spacial score (nSPS) is 18.5. The van der Waals surface area contributed by atoms with Gasteiger partial charge >= 0.3 is 0 Å². The predicted molar refractivity (Wildman–Crippen MR) is 163 cm³/mol. The first-order valence-electron chi connectivity index (χ1n) is 14.4. The number of nitrogens with zero attached hydrogens (tertiary/aromatic N) is 4. The summed E-state index contributed by atoms with van der Waals surface area (Å²) in [5.41, 5.74) is 3.15. The number of rotatable bonds is 12. The number of carbonyl (C=O) groups excluding carboxylic acids is 1. The molecule has 0 unspecified atom stereocenters. The zero-order chi connectivity index (χ0) is 30.2. The topological polar surface area (TPSA) is 117 Å². The average molecular weight is 588 g/mol. The second-order valence-corrected chi connectivity index (χ2v) is 11.4. The highest BCUT2D eigenvalue weighted by Gasteiger charge is 2.35. The Morgan fingerprint density at radius 2 is 1.81 bits per heavy atom. The maximum atomic E-state index is 13.7. The molecule has 226 valence electrons. The number of benzene rings is 2. The zero-order valence-electron chi connectivity index (χ0n) is 24.8. The maximum absolute atomic E-state index is 13.7. The predicted octanol–water partition coefficient (Wildman–Crippen LogP) is 4.45. The van der Waals surface area contributed by atoms with Gasteiger partial charge in [0.25, 0.3) is 0 Å². The van der Waals surface area contributed by atoms with Crippen LogP contribution < -0.4 is 10.6 Å². The van der Waals surface area contributed by atoms with Crippen molar-refractivity contribution < 1.29 is 18.7 Å². The lowest BCUT2D eigenvalue weighted by molar-refractivity contribution is -0.232. The van der Waals surface area contributed by atoms with Crippen LogP contribution in [0.2, 0.25) is 0 Å². The van der Waals surface area contributed by atoms with Crippen LogP contribution in [0.25, 0.3) is 22.6 Å². The summed E-state index contributed by atoms with van der Waals surface area (Å²) in [5.74, 6) is 0.600. The Kier molecular flexibility index (Phi) is 9.75. The van der Waals surface area contributed by atoms with Crippen molar-refractivity contribution in [2.45, 2.75) is 26.1 Å². The molecule has 10 nitrogen and oxygen atoms in total. The summed E-state index contributed by atoms with van der Waals surface area (Å²) in [7, 11) is 4.07. The van der Waals surface area contributed by atoms with E-state index in [1.807, 2.05) is 51.4 Å². The molecule has 3 N–H and O–H groups in total. The van der Waals surface area contributed by atoms with Gasteiger partial charge in [0, 0.05) is 30.3 Å². The average Bonchev–Trinajstić information content (AvgIpc) is 3.45. The Labute approximate surface area is 251 Å². The summed E-state index contributed by atoms with van der Waals surface area (Å²) in [6, 6.07) is 17.6. The number of hydrogen-bond acceptors (Lipinski definition) is 8. The van der Waals surface area contributed by atoms with Crippen LogP contribution in [0.15, 0.2) is 66.9 Å². The molecule has 0 bridgehead atoms. The van der Waals surface area contributed by atoms with E-state index in [4.69, 9.17) is 19.4 Å². The van der Waals surface area contributed by atoms with Crippen LogP contribution >= 0.6 is 0 Å². The second kappa shape index (κ2) is 13.9. The molecule has 5 rings (SSSR count). The van der Waals surface area contributed by atoms with Crippen LogP contribution in [0.3, 0.4) is 0 Å². The molecule has 0 aliphatic carbocycles.